The van der Waals surface area contributed by atoms with E-state index in [1.54, 1.807) is 18.6 Å². The second-order valence-electron chi connectivity index (χ2n) is 6.52. The van der Waals surface area contributed by atoms with Gasteiger partial charge in [-0.25, -0.2) is 9.37 Å². The number of fused-ring (bicyclic) bond motifs is 1. The molecule has 0 unspecified atom stereocenters. The van der Waals surface area contributed by atoms with E-state index in [-0.39, 0.29) is 5.02 Å². The zero-order valence-corrected chi connectivity index (χ0v) is 17.9. The quantitative estimate of drug-likeness (QED) is 0.322. The van der Waals surface area contributed by atoms with Crippen molar-refractivity contribution in [1.29, 1.82) is 5.26 Å². The van der Waals surface area contributed by atoms with Gasteiger partial charge in [-0.15, -0.1) is 0 Å². The summed E-state index contributed by atoms with van der Waals surface area (Å²) in [4.78, 5) is 11.5. The molecule has 3 N–H and O–H groups in total. The van der Waals surface area contributed by atoms with Crippen molar-refractivity contribution >= 4 is 55.5 Å². The Balaban J connectivity index is 1.70. The molecule has 6 nitrogen and oxygen atoms in total. The lowest BCUT2D eigenvalue weighted by molar-refractivity contribution is 0.628. The standard InChI is InChI=1S/C21H15BrClFN6/c22-17-6-15(27-4-3-14-10-26-11-29-14)5-16-20(12(8-25)9-28-21(16)17)30-13-1-2-19(24)18(23)7-13/h1-2,5-7,9-11,27H,3-4H2,(H,26,29)(H,28,30). The van der Waals surface area contributed by atoms with Crippen LogP contribution >= 0.6 is 27.5 Å². The van der Waals surface area contributed by atoms with Crippen LogP contribution in [0.5, 0.6) is 0 Å². The predicted octanol–water partition coefficient (Wildman–Crippen LogP) is 5.78. The maximum absolute atomic E-state index is 13.5. The van der Waals surface area contributed by atoms with Gasteiger partial charge in [0.2, 0.25) is 0 Å². The van der Waals surface area contributed by atoms with Gasteiger partial charge in [0.1, 0.15) is 11.9 Å². The molecular weight excluding hydrogens is 471 g/mol. The number of rotatable bonds is 6. The third-order valence-corrected chi connectivity index (χ3v) is 5.41. The lowest BCUT2D eigenvalue weighted by Gasteiger charge is -2.15. The molecule has 0 saturated heterocycles. The van der Waals surface area contributed by atoms with E-state index in [1.807, 2.05) is 12.1 Å². The average molecular weight is 486 g/mol. The second kappa shape index (κ2) is 8.69. The molecule has 2 heterocycles. The molecule has 0 spiro atoms. The molecule has 150 valence electrons. The summed E-state index contributed by atoms with van der Waals surface area (Å²) >= 11 is 9.47. The molecule has 30 heavy (non-hydrogen) atoms. The number of pyridine rings is 1. The van der Waals surface area contributed by atoms with E-state index < -0.39 is 5.82 Å². The fraction of sp³-hybridized carbons (Fsp3) is 0.0952. The topological polar surface area (TPSA) is 89.4 Å². The first-order valence-corrected chi connectivity index (χ1v) is 10.2. The van der Waals surface area contributed by atoms with Gasteiger partial charge in [-0.3, -0.25) is 4.98 Å². The Morgan fingerprint density at radius 1 is 1.20 bits per heavy atom. The number of anilines is 3. The number of halogens is 3. The van der Waals surface area contributed by atoms with Crippen molar-refractivity contribution < 1.29 is 4.39 Å². The second-order valence-corrected chi connectivity index (χ2v) is 7.78. The molecule has 2 aromatic heterocycles. The Bertz CT molecular complexity index is 1250. The van der Waals surface area contributed by atoms with Gasteiger partial charge in [0.25, 0.3) is 0 Å². The Kier molecular flexibility index (Phi) is 5.84. The molecule has 0 amide bonds. The highest BCUT2D eigenvalue weighted by molar-refractivity contribution is 9.10. The summed E-state index contributed by atoms with van der Waals surface area (Å²) in [5, 5.41) is 16.9. The van der Waals surface area contributed by atoms with Gasteiger partial charge >= 0.3 is 0 Å². The third-order valence-electron chi connectivity index (χ3n) is 4.51. The smallest absolute Gasteiger partial charge is 0.141 e. The molecule has 0 atom stereocenters. The molecule has 0 aliphatic carbocycles. The Morgan fingerprint density at radius 2 is 2.07 bits per heavy atom. The lowest BCUT2D eigenvalue weighted by atomic mass is 10.1. The molecule has 0 saturated carbocycles. The molecular formula is C21H15BrClFN6. The zero-order valence-electron chi connectivity index (χ0n) is 15.5. The van der Waals surface area contributed by atoms with Crippen molar-refractivity contribution in [3.8, 4) is 6.07 Å². The fourth-order valence-corrected chi connectivity index (χ4v) is 3.81. The summed E-state index contributed by atoms with van der Waals surface area (Å²) in [6, 6.07) is 10.3. The normalized spacial score (nSPS) is 10.7. The first-order valence-electron chi connectivity index (χ1n) is 9.00. The molecule has 9 heteroatoms. The summed E-state index contributed by atoms with van der Waals surface area (Å²) in [6.45, 7) is 0.696. The maximum Gasteiger partial charge on any atom is 0.141 e. The first-order chi connectivity index (χ1) is 14.5. The highest BCUT2D eigenvalue weighted by Gasteiger charge is 2.14. The van der Waals surface area contributed by atoms with Crippen molar-refractivity contribution in [1.82, 2.24) is 15.0 Å². The van der Waals surface area contributed by atoms with Crippen molar-refractivity contribution in [3.05, 3.63) is 75.6 Å². The Labute approximate surface area is 185 Å². The molecule has 0 radical (unpaired) electrons. The van der Waals surface area contributed by atoms with Crippen LogP contribution in [-0.2, 0) is 6.42 Å². The van der Waals surface area contributed by atoms with Gasteiger partial charge < -0.3 is 15.6 Å². The molecule has 0 fully saturated rings. The number of aromatic nitrogens is 3. The average Bonchev–Trinajstić information content (AvgIpc) is 3.25. The fourth-order valence-electron chi connectivity index (χ4n) is 3.06. The van der Waals surface area contributed by atoms with Crippen molar-refractivity contribution in [2.45, 2.75) is 6.42 Å². The van der Waals surface area contributed by atoms with E-state index in [0.717, 1.165) is 27.7 Å². The van der Waals surface area contributed by atoms with Crippen LogP contribution in [0.3, 0.4) is 0 Å². The number of hydrogen-bond donors (Lipinski definition) is 3. The van der Waals surface area contributed by atoms with Crippen LogP contribution in [0.2, 0.25) is 5.02 Å². The molecule has 0 aliphatic heterocycles. The zero-order chi connectivity index (χ0) is 21.1. The monoisotopic (exact) mass is 484 g/mol. The van der Waals surface area contributed by atoms with E-state index in [4.69, 9.17) is 11.6 Å². The number of H-pyrrole nitrogens is 1. The summed E-state index contributed by atoms with van der Waals surface area (Å²) < 4.78 is 14.3. The van der Waals surface area contributed by atoms with Gasteiger partial charge in [-0.05, 0) is 46.3 Å². The number of benzene rings is 2. The van der Waals surface area contributed by atoms with Crippen LogP contribution in [0, 0.1) is 17.1 Å². The molecule has 0 bridgehead atoms. The third kappa shape index (κ3) is 4.22. The lowest BCUT2D eigenvalue weighted by Crippen LogP contribution is -2.05. The number of nitrogens with zero attached hydrogens (tertiary/aromatic N) is 3. The van der Waals surface area contributed by atoms with E-state index in [9.17, 15) is 9.65 Å². The van der Waals surface area contributed by atoms with Gasteiger partial charge in [0.15, 0.2) is 0 Å². The highest BCUT2D eigenvalue weighted by Crippen LogP contribution is 2.35. The van der Waals surface area contributed by atoms with Crippen molar-refractivity contribution in [3.63, 3.8) is 0 Å². The largest absolute Gasteiger partial charge is 0.385 e. The molecule has 2 aromatic carbocycles. The summed E-state index contributed by atoms with van der Waals surface area (Å²) in [5.74, 6) is -0.506. The van der Waals surface area contributed by atoms with Crippen molar-refractivity contribution in [2.24, 2.45) is 0 Å². The highest BCUT2D eigenvalue weighted by atomic mass is 79.9. The van der Waals surface area contributed by atoms with E-state index in [0.29, 0.717) is 29.0 Å². The van der Waals surface area contributed by atoms with E-state index in [2.05, 4.69) is 47.6 Å². The van der Waals surface area contributed by atoms with Crippen LogP contribution in [0.25, 0.3) is 10.9 Å². The number of imidazole rings is 1. The van der Waals surface area contributed by atoms with Crippen LogP contribution < -0.4 is 10.6 Å². The molecule has 4 aromatic rings. The van der Waals surface area contributed by atoms with Crippen LogP contribution in [0.1, 0.15) is 11.3 Å². The SMILES string of the molecule is N#Cc1cnc2c(Br)cc(NCCc3cnc[nH]3)cc2c1Nc1ccc(F)c(Cl)c1. The number of nitrogens with one attached hydrogen (secondary N) is 3. The minimum Gasteiger partial charge on any atom is -0.385 e. The maximum atomic E-state index is 13.5. The summed E-state index contributed by atoms with van der Waals surface area (Å²) in [5.41, 5.74) is 4.10. The van der Waals surface area contributed by atoms with Gasteiger partial charge in [0, 0.05) is 52.3 Å². The van der Waals surface area contributed by atoms with Crippen LogP contribution in [-0.4, -0.2) is 21.5 Å². The predicted molar refractivity (Wildman–Crippen MR) is 120 cm³/mol. The molecule has 0 aliphatic rings. The Morgan fingerprint density at radius 3 is 2.80 bits per heavy atom. The number of aromatic amines is 1. The van der Waals surface area contributed by atoms with Gasteiger partial charge in [-0.1, -0.05) is 11.6 Å². The van der Waals surface area contributed by atoms with Crippen molar-refractivity contribution in [2.75, 3.05) is 17.2 Å². The minimum atomic E-state index is -0.506. The molecule has 4 rings (SSSR count). The van der Waals surface area contributed by atoms with Gasteiger partial charge in [-0.2, -0.15) is 5.26 Å². The summed E-state index contributed by atoms with van der Waals surface area (Å²) in [7, 11) is 0. The van der Waals surface area contributed by atoms with Crippen LogP contribution in [0.4, 0.5) is 21.5 Å². The number of nitriles is 1. The Hall–Kier alpha value is -3.15. The first kappa shape index (κ1) is 20.1. The minimum absolute atomic E-state index is 0.000730. The van der Waals surface area contributed by atoms with Gasteiger partial charge in [0.05, 0.1) is 28.1 Å². The van der Waals surface area contributed by atoms with E-state index in [1.165, 1.54) is 18.3 Å². The van der Waals surface area contributed by atoms with E-state index >= 15 is 0 Å². The van der Waals surface area contributed by atoms with Crippen LogP contribution in [0.15, 0.2) is 53.5 Å². The number of hydrogen-bond acceptors (Lipinski definition) is 5. The summed E-state index contributed by atoms with van der Waals surface area (Å²) in [6.07, 6.45) is 5.73.